The predicted octanol–water partition coefficient (Wildman–Crippen LogP) is 2.62. The normalized spacial score (nSPS) is 17.2. The first-order valence-electron chi connectivity index (χ1n) is 8.06. The van der Waals surface area contributed by atoms with E-state index in [4.69, 9.17) is 0 Å². The highest BCUT2D eigenvalue weighted by Gasteiger charge is 2.25. The van der Waals surface area contributed by atoms with Crippen LogP contribution in [-0.4, -0.2) is 20.9 Å². The fraction of sp³-hybridized carbons (Fsp3) is 0.333. The topological polar surface area (TPSA) is 73.6 Å². The van der Waals surface area contributed by atoms with E-state index in [1.54, 1.807) is 6.33 Å². The van der Waals surface area contributed by atoms with Crippen LogP contribution in [0.4, 0.5) is 0 Å². The van der Waals surface area contributed by atoms with Crippen LogP contribution in [0.5, 0.6) is 0 Å². The zero-order valence-corrected chi connectivity index (χ0v) is 13.1. The fourth-order valence-electron chi connectivity index (χ4n) is 3.40. The van der Waals surface area contributed by atoms with E-state index in [2.05, 4.69) is 44.5 Å². The lowest BCUT2D eigenvalue weighted by Gasteiger charge is -2.20. The molecule has 3 N–H and O–H groups in total. The molecule has 0 spiro atoms. The lowest BCUT2D eigenvalue weighted by Crippen LogP contribution is -2.33. The van der Waals surface area contributed by atoms with Crippen molar-refractivity contribution in [3.8, 4) is 0 Å². The molecule has 0 saturated carbocycles. The van der Waals surface area contributed by atoms with E-state index in [0.29, 0.717) is 6.54 Å². The molecule has 0 saturated heterocycles. The number of H-pyrrole nitrogens is 2. The molecule has 1 amide bonds. The number of benzene rings is 1. The van der Waals surface area contributed by atoms with Crippen molar-refractivity contribution >= 4 is 16.8 Å². The number of hydrogen-bond acceptors (Lipinski definition) is 2. The minimum absolute atomic E-state index is 0.0428. The number of aromatic nitrogens is 3. The first kappa shape index (κ1) is 14.1. The number of rotatable bonds is 3. The van der Waals surface area contributed by atoms with Gasteiger partial charge in [0.15, 0.2) is 0 Å². The van der Waals surface area contributed by atoms with Gasteiger partial charge in [-0.3, -0.25) is 4.79 Å². The molecule has 5 nitrogen and oxygen atoms in total. The molecule has 2 aromatic heterocycles. The smallest absolute Gasteiger partial charge is 0.223 e. The molecule has 0 bridgehead atoms. The summed E-state index contributed by atoms with van der Waals surface area (Å²) in [6, 6.07) is 8.39. The van der Waals surface area contributed by atoms with Crippen LogP contribution in [0.15, 0.2) is 30.6 Å². The zero-order valence-electron chi connectivity index (χ0n) is 13.1. The van der Waals surface area contributed by atoms with Crippen molar-refractivity contribution in [1.82, 2.24) is 20.3 Å². The number of imidazole rings is 1. The van der Waals surface area contributed by atoms with E-state index in [0.717, 1.165) is 47.4 Å². The summed E-state index contributed by atoms with van der Waals surface area (Å²) in [5.74, 6) is 0.178. The van der Waals surface area contributed by atoms with E-state index >= 15 is 0 Å². The Balaban J connectivity index is 1.41. The number of carbonyl (C=O) groups is 1. The third-order valence-corrected chi connectivity index (χ3v) is 4.64. The standard InChI is InChI=1S/C18H20N4O/c1-11-6-14-7-12(2-4-15(14)22-11)9-19-18(23)13-3-5-16-17(8-13)21-10-20-16/h2,4,6-7,10,13,22H,3,5,8-9H2,1H3,(H,19,23)(H,20,21)/t13-/m1/s1. The SMILES string of the molecule is Cc1cc2cc(CNC(=O)[C@@H]3CCc4nc[nH]c4C3)ccc2[nH]1. The van der Waals surface area contributed by atoms with E-state index in [-0.39, 0.29) is 11.8 Å². The van der Waals surface area contributed by atoms with Crippen LogP contribution in [-0.2, 0) is 24.2 Å². The molecule has 0 fully saturated rings. The molecule has 1 aromatic carbocycles. The monoisotopic (exact) mass is 308 g/mol. The van der Waals surface area contributed by atoms with Gasteiger partial charge in [0.2, 0.25) is 5.91 Å². The van der Waals surface area contributed by atoms with Gasteiger partial charge in [0.05, 0.1) is 12.0 Å². The third kappa shape index (κ3) is 2.74. The van der Waals surface area contributed by atoms with E-state index < -0.39 is 0 Å². The number of carbonyl (C=O) groups excluding carboxylic acids is 1. The second-order valence-electron chi connectivity index (χ2n) is 6.36. The average molecular weight is 308 g/mol. The quantitative estimate of drug-likeness (QED) is 0.696. The first-order chi connectivity index (χ1) is 11.2. The third-order valence-electron chi connectivity index (χ3n) is 4.64. The number of aryl methyl sites for hydroxylation is 2. The minimum atomic E-state index is 0.0428. The number of aromatic amines is 2. The molecule has 1 aliphatic carbocycles. The Bertz CT molecular complexity index is 861. The van der Waals surface area contributed by atoms with Crippen LogP contribution >= 0.6 is 0 Å². The Morgan fingerprint density at radius 2 is 2.30 bits per heavy atom. The van der Waals surface area contributed by atoms with Crippen LogP contribution < -0.4 is 5.32 Å². The summed E-state index contributed by atoms with van der Waals surface area (Å²) in [5, 5.41) is 4.27. The number of fused-ring (bicyclic) bond motifs is 2. The number of nitrogens with zero attached hydrogens (tertiary/aromatic N) is 1. The van der Waals surface area contributed by atoms with Crippen LogP contribution in [0.1, 0.15) is 29.1 Å². The molecule has 3 aromatic rings. The van der Waals surface area contributed by atoms with E-state index in [9.17, 15) is 4.79 Å². The molecule has 118 valence electrons. The molecule has 0 aliphatic heterocycles. The Kier molecular flexibility index (Phi) is 3.41. The van der Waals surface area contributed by atoms with Crippen molar-refractivity contribution in [2.24, 2.45) is 5.92 Å². The largest absolute Gasteiger partial charge is 0.359 e. The van der Waals surface area contributed by atoms with Gasteiger partial charge in [-0.05, 0) is 48.9 Å². The highest BCUT2D eigenvalue weighted by Crippen LogP contribution is 2.23. The van der Waals surface area contributed by atoms with Gasteiger partial charge in [-0.25, -0.2) is 4.98 Å². The van der Waals surface area contributed by atoms with Gasteiger partial charge in [-0.15, -0.1) is 0 Å². The zero-order chi connectivity index (χ0) is 15.8. The highest BCUT2D eigenvalue weighted by molar-refractivity contribution is 5.82. The molecule has 0 unspecified atom stereocenters. The predicted molar refractivity (Wildman–Crippen MR) is 89.0 cm³/mol. The second kappa shape index (κ2) is 5.57. The fourth-order valence-corrected chi connectivity index (χ4v) is 3.40. The first-order valence-corrected chi connectivity index (χ1v) is 8.06. The molecule has 5 heteroatoms. The highest BCUT2D eigenvalue weighted by atomic mass is 16.1. The van der Waals surface area contributed by atoms with Crippen molar-refractivity contribution in [2.45, 2.75) is 32.7 Å². The second-order valence-corrected chi connectivity index (χ2v) is 6.36. The van der Waals surface area contributed by atoms with Crippen molar-refractivity contribution in [3.05, 3.63) is 53.2 Å². The number of hydrogen-bond donors (Lipinski definition) is 3. The van der Waals surface area contributed by atoms with Gasteiger partial charge in [0.25, 0.3) is 0 Å². The molecule has 0 radical (unpaired) electrons. The van der Waals surface area contributed by atoms with Crippen LogP contribution in [0.3, 0.4) is 0 Å². The molecule has 23 heavy (non-hydrogen) atoms. The van der Waals surface area contributed by atoms with Crippen LogP contribution in [0.2, 0.25) is 0 Å². The lowest BCUT2D eigenvalue weighted by atomic mass is 9.89. The van der Waals surface area contributed by atoms with Crippen molar-refractivity contribution in [2.75, 3.05) is 0 Å². The van der Waals surface area contributed by atoms with Crippen LogP contribution in [0, 0.1) is 12.8 Å². The van der Waals surface area contributed by atoms with Crippen LogP contribution in [0.25, 0.3) is 10.9 Å². The van der Waals surface area contributed by atoms with Crippen molar-refractivity contribution < 1.29 is 4.79 Å². The Hall–Kier alpha value is -2.56. The van der Waals surface area contributed by atoms with Gasteiger partial charge in [0.1, 0.15) is 0 Å². The summed E-state index contributed by atoms with van der Waals surface area (Å²) in [4.78, 5) is 23.2. The Morgan fingerprint density at radius 3 is 3.22 bits per heavy atom. The average Bonchev–Trinajstić information content (AvgIpc) is 3.16. The van der Waals surface area contributed by atoms with Crippen molar-refractivity contribution in [3.63, 3.8) is 0 Å². The summed E-state index contributed by atoms with van der Waals surface area (Å²) in [7, 11) is 0. The van der Waals surface area contributed by atoms with Gasteiger partial charge in [-0.2, -0.15) is 0 Å². The lowest BCUT2D eigenvalue weighted by molar-refractivity contribution is -0.125. The molecular formula is C18H20N4O. The van der Waals surface area contributed by atoms with E-state index in [1.807, 2.05) is 6.92 Å². The summed E-state index contributed by atoms with van der Waals surface area (Å²) < 4.78 is 0. The number of amides is 1. The summed E-state index contributed by atoms with van der Waals surface area (Å²) in [6.07, 6.45) is 4.24. The molecule has 2 heterocycles. The summed E-state index contributed by atoms with van der Waals surface area (Å²) >= 11 is 0. The number of nitrogens with one attached hydrogen (secondary N) is 3. The molecule has 4 rings (SSSR count). The molecule has 1 aliphatic rings. The minimum Gasteiger partial charge on any atom is -0.359 e. The molecule has 1 atom stereocenters. The van der Waals surface area contributed by atoms with Gasteiger partial charge in [-0.1, -0.05) is 6.07 Å². The van der Waals surface area contributed by atoms with Crippen molar-refractivity contribution in [1.29, 1.82) is 0 Å². The maximum absolute atomic E-state index is 12.4. The van der Waals surface area contributed by atoms with E-state index in [1.165, 1.54) is 5.39 Å². The Morgan fingerprint density at radius 1 is 1.39 bits per heavy atom. The maximum atomic E-state index is 12.4. The maximum Gasteiger partial charge on any atom is 0.223 e. The van der Waals surface area contributed by atoms with Gasteiger partial charge in [0, 0.05) is 35.8 Å². The van der Waals surface area contributed by atoms with Gasteiger partial charge < -0.3 is 15.3 Å². The summed E-state index contributed by atoms with van der Waals surface area (Å²) in [6.45, 7) is 2.62. The summed E-state index contributed by atoms with van der Waals surface area (Å²) in [5.41, 5.74) is 5.64. The van der Waals surface area contributed by atoms with Gasteiger partial charge >= 0.3 is 0 Å². The Labute approximate surface area is 134 Å². The molecular weight excluding hydrogens is 288 g/mol.